The third-order valence-electron chi connectivity index (χ3n) is 5.96. The summed E-state index contributed by atoms with van der Waals surface area (Å²) in [4.78, 5) is 28.6. The Hall–Kier alpha value is -2.44. The molecule has 1 amide bonds. The average molecular weight is 394 g/mol. The number of rotatable bonds is 4. The second-order valence-electron chi connectivity index (χ2n) is 7.77. The van der Waals surface area contributed by atoms with Crippen LogP contribution in [0.25, 0.3) is 21.4 Å². The highest BCUT2D eigenvalue weighted by Crippen LogP contribution is 2.35. The number of piperidine rings is 3. The lowest BCUT2D eigenvalue weighted by Crippen LogP contribution is -2.57. The summed E-state index contributed by atoms with van der Waals surface area (Å²) in [6.45, 7) is 4.80. The molecule has 28 heavy (non-hydrogen) atoms. The third-order valence-corrected chi connectivity index (χ3v) is 7.18. The summed E-state index contributed by atoms with van der Waals surface area (Å²) < 4.78 is 6.00. The number of amides is 1. The molecule has 2 aromatic heterocycles. The Morgan fingerprint density at radius 2 is 2.00 bits per heavy atom. The van der Waals surface area contributed by atoms with E-state index >= 15 is 0 Å². The number of carbonyl (C=O) groups is 2. The van der Waals surface area contributed by atoms with E-state index in [2.05, 4.69) is 10.2 Å². The minimum atomic E-state index is -0.142. The smallest absolute Gasteiger partial charge is 0.287 e. The van der Waals surface area contributed by atoms with Gasteiger partial charge in [-0.3, -0.25) is 9.59 Å². The second kappa shape index (κ2) is 6.87. The summed E-state index contributed by atoms with van der Waals surface area (Å²) in [5.74, 6) is 0.837. The Labute approximate surface area is 167 Å². The number of benzene rings is 1. The van der Waals surface area contributed by atoms with E-state index in [1.807, 2.05) is 36.4 Å². The Bertz CT molecular complexity index is 1060. The Kier molecular flexibility index (Phi) is 4.33. The number of nitrogens with zero attached hydrogens (tertiary/aromatic N) is 1. The molecule has 0 saturated carbocycles. The molecule has 3 fully saturated rings. The first-order valence-electron chi connectivity index (χ1n) is 9.75. The second-order valence-corrected chi connectivity index (χ2v) is 8.86. The quantitative estimate of drug-likeness (QED) is 0.674. The van der Waals surface area contributed by atoms with E-state index in [0.717, 1.165) is 53.2 Å². The highest BCUT2D eigenvalue weighted by atomic mass is 32.1. The summed E-state index contributed by atoms with van der Waals surface area (Å²) >= 11 is 1.45. The first-order chi connectivity index (χ1) is 13.6. The van der Waals surface area contributed by atoms with Gasteiger partial charge in [0.15, 0.2) is 11.5 Å². The number of hydrogen-bond acceptors (Lipinski definition) is 5. The highest BCUT2D eigenvalue weighted by Gasteiger charge is 2.35. The fraction of sp³-hybridized carbons (Fsp3) is 0.364. The molecule has 0 spiro atoms. The van der Waals surface area contributed by atoms with E-state index < -0.39 is 0 Å². The largest absolute Gasteiger partial charge is 0.450 e. The molecule has 0 radical (unpaired) electrons. The van der Waals surface area contributed by atoms with Crippen LogP contribution in [0.3, 0.4) is 0 Å². The summed E-state index contributed by atoms with van der Waals surface area (Å²) in [5.41, 5.74) is 1.61. The van der Waals surface area contributed by atoms with Crippen molar-refractivity contribution >= 4 is 34.0 Å². The lowest BCUT2D eigenvalue weighted by Gasteiger charge is -2.44. The molecular weight excluding hydrogens is 372 g/mol. The van der Waals surface area contributed by atoms with Crippen LogP contribution in [0.4, 0.5) is 0 Å². The van der Waals surface area contributed by atoms with E-state index in [0.29, 0.717) is 17.3 Å². The topological polar surface area (TPSA) is 62.6 Å². The van der Waals surface area contributed by atoms with E-state index in [1.54, 1.807) is 6.92 Å². The highest BCUT2D eigenvalue weighted by molar-refractivity contribution is 7.17. The van der Waals surface area contributed by atoms with Gasteiger partial charge in [0, 0.05) is 28.4 Å². The van der Waals surface area contributed by atoms with Crippen molar-refractivity contribution in [2.24, 2.45) is 5.92 Å². The predicted molar refractivity (Wildman–Crippen MR) is 110 cm³/mol. The molecule has 0 aliphatic carbocycles. The van der Waals surface area contributed by atoms with E-state index in [1.165, 1.54) is 11.3 Å². The number of thiophene rings is 1. The minimum Gasteiger partial charge on any atom is -0.450 e. The number of nitrogens with one attached hydrogen (secondary N) is 1. The average Bonchev–Trinajstić information content (AvgIpc) is 3.36. The van der Waals surface area contributed by atoms with Crippen molar-refractivity contribution in [1.29, 1.82) is 0 Å². The molecule has 3 aliphatic rings. The van der Waals surface area contributed by atoms with Crippen molar-refractivity contribution in [3.05, 3.63) is 47.0 Å². The number of hydrogen-bond donors (Lipinski definition) is 1. The van der Waals surface area contributed by atoms with Gasteiger partial charge in [-0.25, -0.2) is 0 Å². The molecule has 5 heterocycles. The van der Waals surface area contributed by atoms with Crippen molar-refractivity contribution in [1.82, 2.24) is 10.2 Å². The van der Waals surface area contributed by atoms with Crippen molar-refractivity contribution in [2.45, 2.75) is 25.8 Å². The number of para-hydroxylation sites is 1. The maximum Gasteiger partial charge on any atom is 0.287 e. The number of fused-ring (bicyclic) bond motifs is 4. The Morgan fingerprint density at radius 1 is 1.18 bits per heavy atom. The van der Waals surface area contributed by atoms with Crippen molar-refractivity contribution in [3.8, 4) is 10.4 Å². The van der Waals surface area contributed by atoms with Crippen LogP contribution >= 0.6 is 11.3 Å². The first-order valence-corrected chi connectivity index (χ1v) is 10.6. The number of carbonyl (C=O) groups excluding carboxylic acids is 2. The monoisotopic (exact) mass is 394 g/mol. The van der Waals surface area contributed by atoms with Gasteiger partial charge in [0.1, 0.15) is 5.58 Å². The Morgan fingerprint density at radius 3 is 2.68 bits per heavy atom. The van der Waals surface area contributed by atoms with Gasteiger partial charge < -0.3 is 14.6 Å². The van der Waals surface area contributed by atoms with Gasteiger partial charge in [0.2, 0.25) is 0 Å². The van der Waals surface area contributed by atoms with Gasteiger partial charge in [-0.05, 0) is 63.0 Å². The zero-order chi connectivity index (χ0) is 19.3. The summed E-state index contributed by atoms with van der Waals surface area (Å²) in [6.07, 6.45) is 2.32. The lowest BCUT2D eigenvalue weighted by atomic mass is 9.84. The molecule has 1 aromatic carbocycles. The summed E-state index contributed by atoms with van der Waals surface area (Å²) in [5, 5.41) is 4.09. The molecule has 144 valence electrons. The molecule has 3 aliphatic heterocycles. The molecule has 1 atom stereocenters. The van der Waals surface area contributed by atoms with Crippen LogP contribution in [0.15, 0.2) is 40.8 Å². The van der Waals surface area contributed by atoms with Crippen LogP contribution in [0.5, 0.6) is 0 Å². The number of ketones is 1. The molecule has 3 saturated heterocycles. The van der Waals surface area contributed by atoms with Crippen molar-refractivity contribution in [2.75, 3.05) is 19.6 Å². The molecular formula is C22H22N2O3S. The zero-order valence-electron chi connectivity index (χ0n) is 15.7. The normalized spacial score (nSPS) is 23.8. The standard InChI is InChI=1S/C22H22N2O3S/c1-13(25)19-5-6-20(28-19)16-4-2-3-15-11-18(27-21(15)16)22(26)23-17-12-24-9-7-14(17)8-10-24/h2-6,11,14,17H,7-10,12H2,1H3,(H,23,26). The summed E-state index contributed by atoms with van der Waals surface area (Å²) in [6, 6.07) is 11.7. The van der Waals surface area contributed by atoms with Crippen LogP contribution in [0.1, 0.15) is 40.0 Å². The van der Waals surface area contributed by atoms with E-state index in [9.17, 15) is 9.59 Å². The molecule has 3 aromatic rings. The van der Waals surface area contributed by atoms with E-state index in [4.69, 9.17) is 4.42 Å². The fourth-order valence-electron chi connectivity index (χ4n) is 4.41. The van der Waals surface area contributed by atoms with Crippen LogP contribution in [0.2, 0.25) is 0 Å². The van der Waals surface area contributed by atoms with Gasteiger partial charge in [0.25, 0.3) is 5.91 Å². The van der Waals surface area contributed by atoms with Gasteiger partial charge >= 0.3 is 0 Å². The molecule has 2 bridgehead atoms. The van der Waals surface area contributed by atoms with Crippen LogP contribution in [-0.4, -0.2) is 42.3 Å². The SMILES string of the molecule is CC(=O)c1ccc(-c2cccc3cc(C(=O)NC4CN5CCC4CC5)oc23)s1. The molecule has 5 nitrogen and oxygen atoms in total. The lowest BCUT2D eigenvalue weighted by molar-refractivity contribution is 0.0607. The molecule has 6 rings (SSSR count). The Balaban J connectivity index is 1.43. The van der Waals surface area contributed by atoms with Crippen LogP contribution in [0, 0.1) is 5.92 Å². The minimum absolute atomic E-state index is 0.0560. The first kappa shape index (κ1) is 17.6. The van der Waals surface area contributed by atoms with Crippen LogP contribution in [-0.2, 0) is 0 Å². The third kappa shape index (κ3) is 3.06. The van der Waals surface area contributed by atoms with Crippen LogP contribution < -0.4 is 5.32 Å². The fourth-order valence-corrected chi connectivity index (χ4v) is 5.33. The van der Waals surface area contributed by atoms with Crippen molar-refractivity contribution in [3.63, 3.8) is 0 Å². The zero-order valence-corrected chi connectivity index (χ0v) is 16.6. The number of Topliss-reactive ketones (excluding diaryl/α,β-unsaturated/α-hetero) is 1. The molecule has 6 heteroatoms. The summed E-state index contributed by atoms with van der Waals surface area (Å²) in [7, 11) is 0. The van der Waals surface area contributed by atoms with Gasteiger partial charge in [-0.1, -0.05) is 12.1 Å². The maximum absolute atomic E-state index is 12.8. The maximum atomic E-state index is 12.8. The molecule has 1 N–H and O–H groups in total. The predicted octanol–water partition coefficient (Wildman–Crippen LogP) is 4.19. The van der Waals surface area contributed by atoms with Crippen molar-refractivity contribution < 1.29 is 14.0 Å². The van der Waals surface area contributed by atoms with Gasteiger partial charge in [0.05, 0.1) is 4.88 Å². The molecule has 1 unspecified atom stereocenters. The van der Waals surface area contributed by atoms with Gasteiger partial charge in [-0.2, -0.15) is 0 Å². The van der Waals surface area contributed by atoms with Gasteiger partial charge in [-0.15, -0.1) is 11.3 Å². The van der Waals surface area contributed by atoms with E-state index in [-0.39, 0.29) is 17.7 Å². The number of furan rings is 1.